The summed E-state index contributed by atoms with van der Waals surface area (Å²) in [7, 11) is 5.54. The van der Waals surface area contributed by atoms with Gasteiger partial charge in [0, 0.05) is 19.3 Å². The van der Waals surface area contributed by atoms with Crippen molar-refractivity contribution in [2.45, 2.75) is 244 Å². The molecule has 0 aromatic heterocycles. The molecule has 0 rings (SSSR count). The number of nitrogens with zero attached hydrogens (tertiary/aromatic N) is 1. The maximum absolute atomic E-state index is 12.8. The molecule has 0 spiro atoms. The van der Waals surface area contributed by atoms with Crippen molar-refractivity contribution in [2.24, 2.45) is 0 Å². The summed E-state index contributed by atoms with van der Waals surface area (Å²) in [6.07, 6.45) is 44.0. The minimum atomic E-state index is -0.873. The van der Waals surface area contributed by atoms with Gasteiger partial charge in [0.2, 0.25) is 0 Å². The van der Waals surface area contributed by atoms with Gasteiger partial charge in [0.1, 0.15) is 6.61 Å². The number of carboxylic acids is 1. The third-order valence-corrected chi connectivity index (χ3v) is 11.2. The van der Waals surface area contributed by atoms with E-state index in [1.54, 1.807) is 0 Å². The summed E-state index contributed by atoms with van der Waals surface area (Å²) in [5.74, 6) is -1.47. The predicted octanol–water partition coefficient (Wildman–Crippen LogP) is 13.5. The number of hydrogen-bond donors (Lipinski definition) is 1. The van der Waals surface area contributed by atoms with E-state index in [4.69, 9.17) is 14.2 Å². The lowest BCUT2D eigenvalue weighted by molar-refractivity contribution is -0.887. The minimum Gasteiger partial charge on any atom is -0.477 e. The molecule has 0 aromatic rings. The van der Waals surface area contributed by atoms with E-state index in [1.165, 1.54) is 148 Å². The standard InChI is InChI=1S/C49H93NO7/c1-6-8-10-12-14-16-18-20-21-22-23-24-25-26-28-30-32-34-36-38-40-48(52)57-45(43-55-42-41-46(49(53)54)50(3,4)5)44-56-47(51)39-37-35-33-31-29-27-19-17-15-13-11-9-7-2/h27,29,45-46H,6-26,28,30-44H2,1-5H3/p+1/b29-27+. The highest BCUT2D eigenvalue weighted by molar-refractivity contribution is 5.72. The van der Waals surface area contributed by atoms with E-state index >= 15 is 0 Å². The van der Waals surface area contributed by atoms with Crippen LogP contribution in [0.25, 0.3) is 0 Å². The molecular weight excluding hydrogens is 715 g/mol. The summed E-state index contributed by atoms with van der Waals surface area (Å²) in [6.45, 7) is 4.75. The van der Waals surface area contributed by atoms with E-state index < -0.39 is 18.1 Å². The molecule has 8 nitrogen and oxygen atoms in total. The van der Waals surface area contributed by atoms with Crippen LogP contribution in [0.15, 0.2) is 12.2 Å². The van der Waals surface area contributed by atoms with Crippen LogP contribution in [0.5, 0.6) is 0 Å². The lowest BCUT2D eigenvalue weighted by atomic mass is 10.0. The van der Waals surface area contributed by atoms with Gasteiger partial charge in [-0.15, -0.1) is 0 Å². The first-order valence-corrected chi connectivity index (χ1v) is 24.2. The average molecular weight is 809 g/mol. The maximum atomic E-state index is 12.8. The van der Waals surface area contributed by atoms with Crippen molar-refractivity contribution in [3.8, 4) is 0 Å². The van der Waals surface area contributed by atoms with Crippen LogP contribution in [0, 0.1) is 0 Å². The number of carbonyl (C=O) groups excluding carboxylic acids is 2. The van der Waals surface area contributed by atoms with Gasteiger partial charge < -0.3 is 23.8 Å². The monoisotopic (exact) mass is 809 g/mol. The Balaban J connectivity index is 4.23. The fourth-order valence-electron chi connectivity index (χ4n) is 7.38. The highest BCUT2D eigenvalue weighted by atomic mass is 16.6. The molecule has 0 aliphatic rings. The zero-order valence-corrected chi connectivity index (χ0v) is 38.3. The Morgan fingerprint density at radius 3 is 1.28 bits per heavy atom. The molecule has 8 heteroatoms. The second kappa shape index (κ2) is 40.8. The number of quaternary nitrogens is 1. The third-order valence-electron chi connectivity index (χ3n) is 11.2. The van der Waals surface area contributed by atoms with E-state index in [-0.39, 0.29) is 36.2 Å². The number of esters is 2. The number of hydrogen-bond acceptors (Lipinski definition) is 6. The first-order chi connectivity index (χ1) is 27.6. The number of ether oxygens (including phenoxy) is 3. The molecule has 0 aromatic carbocycles. The summed E-state index contributed by atoms with van der Waals surface area (Å²) in [4.78, 5) is 37.0. The molecule has 0 aliphatic carbocycles. The first kappa shape index (κ1) is 55.1. The zero-order chi connectivity index (χ0) is 42.1. The molecule has 0 saturated heterocycles. The third kappa shape index (κ3) is 39.3. The quantitative estimate of drug-likeness (QED) is 0.0283. The molecule has 0 fully saturated rings. The van der Waals surface area contributed by atoms with Crippen LogP contribution < -0.4 is 0 Å². The van der Waals surface area contributed by atoms with Crippen LogP contribution in [0.4, 0.5) is 0 Å². The summed E-state index contributed by atoms with van der Waals surface area (Å²) in [5.41, 5.74) is 0. The van der Waals surface area contributed by atoms with Crippen LogP contribution in [0.3, 0.4) is 0 Å². The van der Waals surface area contributed by atoms with E-state index in [2.05, 4.69) is 26.0 Å². The Labute approximate surface area is 352 Å². The van der Waals surface area contributed by atoms with Crippen molar-refractivity contribution in [3.63, 3.8) is 0 Å². The second-order valence-corrected chi connectivity index (χ2v) is 17.7. The maximum Gasteiger partial charge on any atom is 0.362 e. The number of unbranched alkanes of at least 4 members (excludes halogenated alkanes) is 28. The van der Waals surface area contributed by atoms with Crippen LogP contribution in [0.1, 0.15) is 232 Å². The van der Waals surface area contributed by atoms with E-state index in [1.807, 2.05) is 21.1 Å². The number of carboxylic acid groups (broad SMARTS) is 1. The molecule has 0 heterocycles. The van der Waals surface area contributed by atoms with Gasteiger partial charge in [0.25, 0.3) is 0 Å². The summed E-state index contributed by atoms with van der Waals surface area (Å²) in [5, 5.41) is 9.63. The van der Waals surface area contributed by atoms with Crippen LogP contribution in [-0.4, -0.2) is 80.6 Å². The molecule has 0 amide bonds. The molecule has 1 N–H and O–H groups in total. The Hall–Kier alpha value is -1.93. The van der Waals surface area contributed by atoms with Gasteiger partial charge in [-0.3, -0.25) is 9.59 Å². The molecule has 0 radical (unpaired) electrons. The van der Waals surface area contributed by atoms with Gasteiger partial charge in [-0.25, -0.2) is 4.79 Å². The summed E-state index contributed by atoms with van der Waals surface area (Å²) < 4.78 is 17.3. The van der Waals surface area contributed by atoms with Crippen molar-refractivity contribution < 1.29 is 38.2 Å². The topological polar surface area (TPSA) is 99.1 Å². The zero-order valence-electron chi connectivity index (χ0n) is 38.3. The molecule has 0 aliphatic heterocycles. The lowest BCUT2D eigenvalue weighted by Crippen LogP contribution is -2.50. The molecular formula is C49H94NO7+. The van der Waals surface area contributed by atoms with Crippen LogP contribution >= 0.6 is 0 Å². The Morgan fingerprint density at radius 2 is 0.877 bits per heavy atom. The Kier molecular flexibility index (Phi) is 39.4. The SMILES string of the molecule is CCCCCCCC/C=C/CCCCCC(=O)OCC(COCCC(C(=O)O)[N+](C)(C)C)OC(=O)CCCCCCCCCCCCCCCCCCCCCC. The van der Waals surface area contributed by atoms with Crippen molar-refractivity contribution >= 4 is 17.9 Å². The second-order valence-electron chi connectivity index (χ2n) is 17.7. The predicted molar refractivity (Wildman–Crippen MR) is 239 cm³/mol. The van der Waals surface area contributed by atoms with Gasteiger partial charge in [-0.2, -0.15) is 0 Å². The fraction of sp³-hybridized carbons (Fsp3) is 0.898. The summed E-state index contributed by atoms with van der Waals surface area (Å²) >= 11 is 0. The first-order valence-electron chi connectivity index (χ1n) is 24.2. The van der Waals surface area contributed by atoms with Gasteiger partial charge >= 0.3 is 17.9 Å². The average Bonchev–Trinajstić information content (AvgIpc) is 3.17. The van der Waals surface area contributed by atoms with Gasteiger partial charge in [-0.05, 0) is 38.5 Å². The highest BCUT2D eigenvalue weighted by Gasteiger charge is 2.31. The van der Waals surface area contributed by atoms with E-state index in [0.29, 0.717) is 19.3 Å². The molecule has 57 heavy (non-hydrogen) atoms. The lowest BCUT2D eigenvalue weighted by Gasteiger charge is -2.31. The fourth-order valence-corrected chi connectivity index (χ4v) is 7.38. The Bertz CT molecular complexity index is 947. The molecule has 0 bridgehead atoms. The molecule has 2 unspecified atom stereocenters. The van der Waals surface area contributed by atoms with Crippen molar-refractivity contribution in [3.05, 3.63) is 12.2 Å². The smallest absolute Gasteiger partial charge is 0.362 e. The van der Waals surface area contributed by atoms with Crippen LogP contribution in [-0.2, 0) is 28.6 Å². The minimum absolute atomic E-state index is 0.0529. The normalized spacial score (nSPS) is 12.9. The highest BCUT2D eigenvalue weighted by Crippen LogP contribution is 2.16. The number of likely N-dealkylation sites (N-methyl/N-ethyl adjacent to an activating group) is 1. The van der Waals surface area contributed by atoms with Crippen molar-refractivity contribution in [1.82, 2.24) is 0 Å². The van der Waals surface area contributed by atoms with E-state index in [0.717, 1.165) is 51.4 Å². The van der Waals surface area contributed by atoms with Gasteiger partial charge in [-0.1, -0.05) is 187 Å². The molecule has 0 saturated carbocycles. The van der Waals surface area contributed by atoms with Gasteiger partial charge in [0.05, 0.1) is 34.4 Å². The summed E-state index contributed by atoms with van der Waals surface area (Å²) in [6, 6.07) is -0.612. The van der Waals surface area contributed by atoms with Crippen LogP contribution in [0.2, 0.25) is 0 Å². The number of rotatable bonds is 44. The van der Waals surface area contributed by atoms with Crippen molar-refractivity contribution in [2.75, 3.05) is 41.0 Å². The van der Waals surface area contributed by atoms with Gasteiger partial charge in [0.15, 0.2) is 12.1 Å². The number of allylic oxidation sites excluding steroid dienone is 2. The largest absolute Gasteiger partial charge is 0.477 e. The number of aliphatic carboxylic acids is 1. The van der Waals surface area contributed by atoms with E-state index in [9.17, 15) is 19.5 Å². The molecule has 2 atom stereocenters. The number of carbonyl (C=O) groups is 3. The van der Waals surface area contributed by atoms with Crippen molar-refractivity contribution in [1.29, 1.82) is 0 Å². The molecule has 336 valence electrons. The Morgan fingerprint density at radius 1 is 0.509 bits per heavy atom.